The van der Waals surface area contributed by atoms with Crippen molar-refractivity contribution in [3.63, 3.8) is 0 Å². The zero-order chi connectivity index (χ0) is 19.9. The van der Waals surface area contributed by atoms with Gasteiger partial charge in [0.1, 0.15) is 0 Å². The molecule has 142 valence electrons. The lowest BCUT2D eigenvalue weighted by Crippen LogP contribution is -2.72. The number of aromatic amines is 1. The number of nitrogens with zero attached hydrogens (tertiary/aromatic N) is 2. The predicted octanol–water partition coefficient (Wildman–Crippen LogP) is -3.05. The highest BCUT2D eigenvalue weighted by atomic mass is 16.8. The molecule has 1 aromatic rings. The number of esters is 1. The number of hydroxylamine groups is 1. The summed E-state index contributed by atoms with van der Waals surface area (Å²) >= 11 is 0. The third-order valence-corrected chi connectivity index (χ3v) is 3.95. The van der Waals surface area contributed by atoms with Crippen LogP contribution in [-0.4, -0.2) is 61.4 Å². The molecule has 2 heterocycles. The van der Waals surface area contributed by atoms with Crippen molar-refractivity contribution in [1.29, 1.82) is 0 Å². The van der Waals surface area contributed by atoms with Crippen molar-refractivity contribution < 1.29 is 34.2 Å². The van der Waals surface area contributed by atoms with Gasteiger partial charge in [-0.3, -0.25) is 24.2 Å². The van der Waals surface area contributed by atoms with E-state index in [1.165, 1.54) is 0 Å². The van der Waals surface area contributed by atoms with E-state index in [4.69, 9.17) is 9.57 Å². The zero-order valence-corrected chi connectivity index (χ0v) is 14.1. The number of ether oxygens (including phenoxy) is 1. The van der Waals surface area contributed by atoms with Crippen LogP contribution in [0, 0.1) is 0 Å². The van der Waals surface area contributed by atoms with E-state index in [1.807, 2.05) is 4.98 Å². The van der Waals surface area contributed by atoms with E-state index in [-0.39, 0.29) is 0 Å². The minimum absolute atomic E-state index is 0.358. The number of carbonyl (C=O) groups excluding carboxylic acids is 3. The summed E-state index contributed by atoms with van der Waals surface area (Å²) in [6.07, 6.45) is -0.870. The summed E-state index contributed by atoms with van der Waals surface area (Å²) in [4.78, 5) is 66.8. The van der Waals surface area contributed by atoms with Gasteiger partial charge in [-0.15, -0.1) is 5.17 Å². The maximum absolute atomic E-state index is 12.5. The van der Waals surface area contributed by atoms with Crippen LogP contribution in [0.25, 0.3) is 0 Å². The maximum Gasteiger partial charge on any atom is 0.349 e. The van der Waals surface area contributed by atoms with Crippen molar-refractivity contribution in [2.24, 2.45) is 0 Å². The lowest BCUT2D eigenvalue weighted by Gasteiger charge is -2.40. The SMILES string of the molecule is CC(=O)O[C@@]1(C(C)=O)N(n2ccc(=O)[nH]c2=O)O[C@H](CO)[C@]1(O)C(C)=O. The highest BCUT2D eigenvalue weighted by molar-refractivity contribution is 6.00. The molecule has 12 heteroatoms. The molecule has 0 amide bonds. The van der Waals surface area contributed by atoms with Crippen molar-refractivity contribution >= 4 is 17.5 Å². The number of ketones is 2. The monoisotopic (exact) mass is 371 g/mol. The Kier molecular flexibility index (Phi) is 4.86. The first-order valence-electron chi connectivity index (χ1n) is 7.36. The quantitative estimate of drug-likeness (QED) is 0.452. The average Bonchev–Trinajstić information content (AvgIpc) is 2.78. The van der Waals surface area contributed by atoms with Gasteiger partial charge in [-0.05, 0) is 6.92 Å². The normalized spacial score (nSPS) is 28.0. The number of Topliss-reactive ketones (excluding diaryl/α,β-unsaturated/α-hetero) is 2. The van der Waals surface area contributed by atoms with E-state index in [0.29, 0.717) is 9.85 Å². The van der Waals surface area contributed by atoms with Gasteiger partial charge in [0.15, 0.2) is 11.9 Å². The molecule has 0 bridgehead atoms. The number of H-pyrrole nitrogens is 1. The van der Waals surface area contributed by atoms with Crippen molar-refractivity contribution in [3.8, 4) is 0 Å². The van der Waals surface area contributed by atoms with Crippen LogP contribution in [0.4, 0.5) is 0 Å². The number of aromatic nitrogens is 2. The van der Waals surface area contributed by atoms with Gasteiger partial charge < -0.3 is 14.9 Å². The molecule has 1 saturated heterocycles. The summed E-state index contributed by atoms with van der Waals surface area (Å²) < 4.78 is 5.52. The van der Waals surface area contributed by atoms with Crippen molar-refractivity contribution in [2.75, 3.05) is 11.8 Å². The van der Waals surface area contributed by atoms with E-state index < -0.39 is 52.8 Å². The number of carbonyl (C=O) groups is 3. The second-order valence-electron chi connectivity index (χ2n) is 5.62. The van der Waals surface area contributed by atoms with Gasteiger partial charge in [0.25, 0.3) is 5.56 Å². The predicted molar refractivity (Wildman–Crippen MR) is 82.3 cm³/mol. The van der Waals surface area contributed by atoms with Crippen LogP contribution >= 0.6 is 0 Å². The lowest BCUT2D eigenvalue weighted by molar-refractivity contribution is -0.197. The summed E-state index contributed by atoms with van der Waals surface area (Å²) in [6.45, 7) is 1.74. The summed E-state index contributed by atoms with van der Waals surface area (Å²) in [5, 5.41) is 20.8. The number of aliphatic hydroxyl groups excluding tert-OH is 1. The molecule has 0 unspecified atom stereocenters. The largest absolute Gasteiger partial charge is 0.424 e. The van der Waals surface area contributed by atoms with E-state index in [2.05, 4.69) is 0 Å². The van der Waals surface area contributed by atoms with Gasteiger partial charge in [-0.25, -0.2) is 9.63 Å². The molecule has 1 aliphatic rings. The molecular weight excluding hydrogens is 354 g/mol. The first-order valence-corrected chi connectivity index (χ1v) is 7.36. The number of aliphatic hydroxyl groups is 2. The second-order valence-corrected chi connectivity index (χ2v) is 5.62. The Morgan fingerprint density at radius 2 is 1.88 bits per heavy atom. The third kappa shape index (κ3) is 2.55. The molecule has 0 radical (unpaired) electrons. The molecule has 1 aromatic heterocycles. The number of nitrogens with one attached hydrogen (secondary N) is 1. The fourth-order valence-corrected chi connectivity index (χ4v) is 2.82. The molecule has 1 fully saturated rings. The van der Waals surface area contributed by atoms with Gasteiger partial charge in [0.2, 0.25) is 11.4 Å². The minimum atomic E-state index is -2.84. The molecule has 0 aliphatic carbocycles. The second kappa shape index (κ2) is 6.48. The molecule has 0 aromatic carbocycles. The summed E-state index contributed by atoms with van der Waals surface area (Å²) in [7, 11) is 0. The van der Waals surface area contributed by atoms with Crippen molar-refractivity contribution in [1.82, 2.24) is 9.66 Å². The molecule has 3 atom stereocenters. The lowest BCUT2D eigenvalue weighted by atomic mass is 9.80. The first-order chi connectivity index (χ1) is 12.0. The molecule has 3 N–H and O–H groups in total. The molecular formula is C14H17N3O9. The smallest absolute Gasteiger partial charge is 0.349 e. The van der Waals surface area contributed by atoms with Crippen LogP contribution in [0.2, 0.25) is 0 Å². The van der Waals surface area contributed by atoms with Gasteiger partial charge >= 0.3 is 17.4 Å². The van der Waals surface area contributed by atoms with E-state index in [0.717, 1.165) is 33.0 Å². The molecule has 2 rings (SSSR count). The minimum Gasteiger partial charge on any atom is -0.424 e. The summed E-state index contributed by atoms with van der Waals surface area (Å²) in [6, 6.07) is 0.891. The van der Waals surface area contributed by atoms with Crippen molar-refractivity contribution in [2.45, 2.75) is 38.2 Å². The first kappa shape index (κ1) is 19.5. The zero-order valence-electron chi connectivity index (χ0n) is 14.1. The van der Waals surface area contributed by atoms with Gasteiger partial charge in [-0.2, -0.15) is 4.68 Å². The summed E-state index contributed by atoms with van der Waals surface area (Å²) in [5.74, 6) is -3.21. The number of hydrogen-bond donors (Lipinski definition) is 3. The number of hydrogen-bond acceptors (Lipinski definition) is 10. The molecule has 12 nitrogen and oxygen atoms in total. The highest BCUT2D eigenvalue weighted by Crippen LogP contribution is 2.42. The fraction of sp³-hybridized carbons (Fsp3) is 0.500. The Labute approximate surface area is 145 Å². The maximum atomic E-state index is 12.5. The van der Waals surface area contributed by atoms with E-state index in [1.54, 1.807) is 0 Å². The van der Waals surface area contributed by atoms with Crippen molar-refractivity contribution in [3.05, 3.63) is 33.1 Å². The fourth-order valence-electron chi connectivity index (χ4n) is 2.82. The highest BCUT2D eigenvalue weighted by Gasteiger charge is 2.75. The third-order valence-electron chi connectivity index (χ3n) is 3.95. The average molecular weight is 371 g/mol. The van der Waals surface area contributed by atoms with Gasteiger partial charge in [0.05, 0.1) is 6.61 Å². The van der Waals surface area contributed by atoms with Gasteiger partial charge in [0, 0.05) is 26.1 Å². The molecule has 26 heavy (non-hydrogen) atoms. The molecule has 0 saturated carbocycles. The van der Waals surface area contributed by atoms with Gasteiger partial charge in [-0.1, -0.05) is 0 Å². The Morgan fingerprint density at radius 3 is 2.31 bits per heavy atom. The Balaban J connectivity index is 2.86. The van der Waals surface area contributed by atoms with Crippen LogP contribution in [0.3, 0.4) is 0 Å². The van der Waals surface area contributed by atoms with Crippen LogP contribution < -0.4 is 16.4 Å². The molecule has 0 spiro atoms. The summed E-state index contributed by atoms with van der Waals surface area (Å²) in [5.41, 5.74) is -7.54. The standard InChI is InChI=1S/C14H17N3O9/c1-7(19)13(24)10(6-18)26-17(14(13,8(2)20)25-9(3)21)16-5-4-11(22)15-12(16)23/h4-5,10,18,24H,6H2,1-3H3,(H,15,22,23)/t10-,13-,14-/m1/s1. The molecule has 1 aliphatic heterocycles. The Bertz CT molecular complexity index is 875. The van der Waals surface area contributed by atoms with Crippen LogP contribution in [-0.2, 0) is 24.0 Å². The van der Waals surface area contributed by atoms with Crippen LogP contribution in [0.1, 0.15) is 20.8 Å². The topological polar surface area (TPSA) is 168 Å². The Hall–Kier alpha value is -2.83. The van der Waals surface area contributed by atoms with E-state index in [9.17, 15) is 34.2 Å². The van der Waals surface area contributed by atoms with Crippen LogP contribution in [0.5, 0.6) is 0 Å². The Morgan fingerprint density at radius 1 is 1.27 bits per heavy atom. The number of rotatable bonds is 5. The van der Waals surface area contributed by atoms with E-state index >= 15 is 0 Å². The van der Waals surface area contributed by atoms with Crippen LogP contribution in [0.15, 0.2) is 21.9 Å².